The summed E-state index contributed by atoms with van der Waals surface area (Å²) in [6.45, 7) is 7.95. The molecule has 0 saturated heterocycles. The molecule has 0 aliphatic carbocycles. The number of hydrogen-bond acceptors (Lipinski definition) is 4. The summed E-state index contributed by atoms with van der Waals surface area (Å²) in [5.41, 5.74) is 1.61. The van der Waals surface area contributed by atoms with Crippen LogP contribution in [0.4, 0.5) is 0 Å². The quantitative estimate of drug-likeness (QED) is 0.523. The molecule has 4 N–H and O–H groups in total. The Morgan fingerprint density at radius 3 is 1.46 bits per heavy atom. The number of aryl methyl sites for hydroxylation is 2. The van der Waals surface area contributed by atoms with E-state index in [1.54, 1.807) is 0 Å². The molecule has 4 atom stereocenters. The molecule has 0 spiro atoms. The van der Waals surface area contributed by atoms with Crippen LogP contribution in [0.3, 0.4) is 0 Å². The first-order chi connectivity index (χ1) is 11.3. The van der Waals surface area contributed by atoms with Crippen molar-refractivity contribution in [2.75, 3.05) is 0 Å². The Balaban J connectivity index is 2.74. The first-order valence-corrected chi connectivity index (χ1v) is 9.19. The standard InChI is InChI=1S/C20H34O4/c1-5-17(21)13(3)7-9-15-11-16(20(24)12-19(15)23)10-8-14(4)18(22)6-2/h11-14,17-18,21-24H,5-10H2,1-4H3. The van der Waals surface area contributed by atoms with E-state index >= 15 is 0 Å². The third-order valence-electron chi connectivity index (χ3n) is 5.17. The van der Waals surface area contributed by atoms with Crippen LogP contribution >= 0.6 is 0 Å². The number of rotatable bonds is 10. The zero-order chi connectivity index (χ0) is 18.3. The summed E-state index contributed by atoms with van der Waals surface area (Å²) in [4.78, 5) is 0. The van der Waals surface area contributed by atoms with E-state index < -0.39 is 0 Å². The SMILES string of the molecule is CCC(O)C(C)CCc1cc(CCC(C)C(O)CC)c(O)cc1O. The Morgan fingerprint density at radius 2 is 1.12 bits per heavy atom. The fourth-order valence-electron chi connectivity index (χ4n) is 3.03. The van der Waals surface area contributed by atoms with Gasteiger partial charge in [0.2, 0.25) is 0 Å². The van der Waals surface area contributed by atoms with Gasteiger partial charge in [0, 0.05) is 6.07 Å². The van der Waals surface area contributed by atoms with Crippen LogP contribution in [-0.4, -0.2) is 32.6 Å². The predicted octanol–water partition coefficient (Wildman–Crippen LogP) is 3.78. The second-order valence-corrected chi connectivity index (χ2v) is 7.09. The van der Waals surface area contributed by atoms with Crippen molar-refractivity contribution in [1.82, 2.24) is 0 Å². The maximum absolute atomic E-state index is 10.1. The lowest BCUT2D eigenvalue weighted by atomic mass is 9.91. The largest absolute Gasteiger partial charge is 0.508 e. The Hall–Kier alpha value is -1.26. The van der Waals surface area contributed by atoms with Crippen LogP contribution in [-0.2, 0) is 12.8 Å². The molecule has 4 unspecified atom stereocenters. The Kier molecular flexibility index (Phi) is 8.57. The maximum atomic E-state index is 10.1. The summed E-state index contributed by atoms with van der Waals surface area (Å²) in [6, 6.07) is 3.27. The Morgan fingerprint density at radius 1 is 0.750 bits per heavy atom. The fraction of sp³-hybridized carbons (Fsp3) is 0.700. The van der Waals surface area contributed by atoms with E-state index in [1.165, 1.54) is 6.07 Å². The highest BCUT2D eigenvalue weighted by Crippen LogP contribution is 2.31. The number of hydrogen-bond donors (Lipinski definition) is 4. The van der Waals surface area contributed by atoms with Gasteiger partial charge in [0.05, 0.1) is 12.2 Å². The van der Waals surface area contributed by atoms with E-state index in [4.69, 9.17) is 0 Å². The van der Waals surface area contributed by atoms with Crippen molar-refractivity contribution >= 4 is 0 Å². The lowest BCUT2D eigenvalue weighted by Crippen LogP contribution is -2.17. The van der Waals surface area contributed by atoms with Gasteiger partial charge in [-0.25, -0.2) is 0 Å². The predicted molar refractivity (Wildman–Crippen MR) is 97.3 cm³/mol. The summed E-state index contributed by atoms with van der Waals surface area (Å²) in [6.07, 6.45) is 3.74. The number of aliphatic hydroxyl groups is 2. The molecule has 0 radical (unpaired) electrons. The van der Waals surface area contributed by atoms with Crippen molar-refractivity contribution in [3.8, 4) is 11.5 Å². The number of benzene rings is 1. The van der Waals surface area contributed by atoms with Gasteiger partial charge in [-0.3, -0.25) is 0 Å². The molecule has 0 saturated carbocycles. The summed E-state index contributed by atoms with van der Waals surface area (Å²) in [5.74, 6) is 0.560. The molecule has 0 aromatic heterocycles. The molecular formula is C20H34O4. The second kappa shape index (κ2) is 9.90. The summed E-state index contributed by atoms with van der Waals surface area (Å²) < 4.78 is 0. The minimum atomic E-state index is -0.319. The highest BCUT2D eigenvalue weighted by Gasteiger charge is 2.16. The molecule has 0 heterocycles. The van der Waals surface area contributed by atoms with Crippen molar-refractivity contribution in [3.05, 3.63) is 23.3 Å². The molecule has 24 heavy (non-hydrogen) atoms. The normalized spacial score (nSPS) is 16.6. The maximum Gasteiger partial charge on any atom is 0.122 e. The molecule has 0 fully saturated rings. The van der Waals surface area contributed by atoms with E-state index in [0.29, 0.717) is 12.8 Å². The third-order valence-corrected chi connectivity index (χ3v) is 5.17. The summed E-state index contributed by atoms with van der Waals surface area (Å²) in [5, 5.41) is 39.9. The Labute approximate surface area is 146 Å². The molecule has 0 amide bonds. The van der Waals surface area contributed by atoms with E-state index in [-0.39, 0.29) is 35.5 Å². The lowest BCUT2D eigenvalue weighted by Gasteiger charge is -2.19. The minimum Gasteiger partial charge on any atom is -0.508 e. The van der Waals surface area contributed by atoms with Crippen LogP contribution in [0.2, 0.25) is 0 Å². The monoisotopic (exact) mass is 338 g/mol. The van der Waals surface area contributed by atoms with Gasteiger partial charge >= 0.3 is 0 Å². The van der Waals surface area contributed by atoms with Crippen LogP contribution in [0.15, 0.2) is 12.1 Å². The number of aromatic hydroxyl groups is 2. The molecule has 1 aromatic carbocycles. The van der Waals surface area contributed by atoms with Crippen molar-refractivity contribution in [2.45, 2.75) is 78.4 Å². The molecule has 4 nitrogen and oxygen atoms in total. The average molecular weight is 338 g/mol. The fourth-order valence-corrected chi connectivity index (χ4v) is 3.03. The van der Waals surface area contributed by atoms with E-state index in [2.05, 4.69) is 0 Å². The third kappa shape index (κ3) is 5.99. The van der Waals surface area contributed by atoms with E-state index in [9.17, 15) is 20.4 Å². The molecule has 1 aromatic rings. The second-order valence-electron chi connectivity index (χ2n) is 7.09. The van der Waals surface area contributed by atoms with Crippen molar-refractivity contribution in [2.24, 2.45) is 11.8 Å². The van der Waals surface area contributed by atoms with Gasteiger partial charge in [-0.05, 0) is 67.6 Å². The van der Waals surface area contributed by atoms with Crippen LogP contribution in [0.25, 0.3) is 0 Å². The van der Waals surface area contributed by atoms with E-state index in [1.807, 2.05) is 33.8 Å². The Bertz CT molecular complexity index is 459. The van der Waals surface area contributed by atoms with Crippen molar-refractivity contribution in [3.63, 3.8) is 0 Å². The van der Waals surface area contributed by atoms with Gasteiger partial charge < -0.3 is 20.4 Å². The highest BCUT2D eigenvalue weighted by atomic mass is 16.3. The van der Waals surface area contributed by atoms with E-state index in [0.717, 1.165) is 36.8 Å². The smallest absolute Gasteiger partial charge is 0.122 e. The van der Waals surface area contributed by atoms with Gasteiger partial charge in [-0.15, -0.1) is 0 Å². The zero-order valence-electron chi connectivity index (χ0n) is 15.5. The summed E-state index contributed by atoms with van der Waals surface area (Å²) in [7, 11) is 0. The molecule has 138 valence electrons. The molecular weight excluding hydrogens is 304 g/mol. The van der Waals surface area contributed by atoms with Crippen molar-refractivity contribution in [1.29, 1.82) is 0 Å². The molecule has 0 bridgehead atoms. The minimum absolute atomic E-state index is 0.107. The molecule has 1 rings (SSSR count). The highest BCUT2D eigenvalue weighted by molar-refractivity contribution is 5.45. The van der Waals surface area contributed by atoms with Crippen LogP contribution < -0.4 is 0 Å². The van der Waals surface area contributed by atoms with Gasteiger partial charge in [0.15, 0.2) is 0 Å². The zero-order valence-corrected chi connectivity index (χ0v) is 15.5. The van der Waals surface area contributed by atoms with Gasteiger partial charge in [0.1, 0.15) is 11.5 Å². The van der Waals surface area contributed by atoms with Gasteiger partial charge in [0.25, 0.3) is 0 Å². The van der Waals surface area contributed by atoms with Crippen LogP contribution in [0.5, 0.6) is 11.5 Å². The number of phenols is 2. The van der Waals surface area contributed by atoms with Gasteiger partial charge in [-0.2, -0.15) is 0 Å². The average Bonchev–Trinajstić information content (AvgIpc) is 2.57. The summed E-state index contributed by atoms with van der Waals surface area (Å²) >= 11 is 0. The number of aliphatic hydroxyl groups excluding tert-OH is 2. The molecule has 4 heteroatoms. The molecule has 0 aliphatic heterocycles. The van der Waals surface area contributed by atoms with Gasteiger partial charge in [-0.1, -0.05) is 27.7 Å². The van der Waals surface area contributed by atoms with Crippen LogP contribution in [0.1, 0.15) is 64.5 Å². The first kappa shape index (κ1) is 20.8. The lowest BCUT2D eigenvalue weighted by molar-refractivity contribution is 0.108. The topological polar surface area (TPSA) is 80.9 Å². The molecule has 0 aliphatic rings. The number of phenolic OH excluding ortho intramolecular Hbond substituents is 2. The van der Waals surface area contributed by atoms with Crippen LogP contribution in [0, 0.1) is 11.8 Å². The van der Waals surface area contributed by atoms with Crippen molar-refractivity contribution < 1.29 is 20.4 Å². The first-order valence-electron chi connectivity index (χ1n) is 9.19.